The van der Waals surface area contributed by atoms with Crippen LogP contribution >= 0.6 is 11.3 Å². The van der Waals surface area contributed by atoms with Gasteiger partial charge < -0.3 is 5.32 Å². The molecule has 102 valence electrons. The van der Waals surface area contributed by atoms with Crippen molar-refractivity contribution in [2.24, 2.45) is 0 Å². The molecular formula is C13H16N2O2S2. The van der Waals surface area contributed by atoms with Gasteiger partial charge in [0, 0.05) is 22.5 Å². The van der Waals surface area contributed by atoms with E-state index in [9.17, 15) is 8.42 Å². The fourth-order valence-corrected chi connectivity index (χ4v) is 3.95. The largest absolute Gasteiger partial charge is 0.315 e. The molecule has 2 N–H and O–H groups in total. The van der Waals surface area contributed by atoms with Crippen LogP contribution in [0.5, 0.6) is 0 Å². The maximum atomic E-state index is 12.2. The van der Waals surface area contributed by atoms with Crippen LogP contribution in [0.4, 0.5) is 5.69 Å². The van der Waals surface area contributed by atoms with E-state index in [-0.39, 0.29) is 0 Å². The minimum atomic E-state index is -3.49. The molecule has 1 aromatic heterocycles. The number of hydrogen-bond donors (Lipinski definition) is 2. The van der Waals surface area contributed by atoms with E-state index < -0.39 is 10.0 Å². The summed E-state index contributed by atoms with van der Waals surface area (Å²) >= 11 is 1.43. The highest BCUT2D eigenvalue weighted by Gasteiger charge is 2.16. The van der Waals surface area contributed by atoms with Crippen molar-refractivity contribution in [3.63, 3.8) is 0 Å². The molecule has 0 spiro atoms. The number of anilines is 1. The summed E-state index contributed by atoms with van der Waals surface area (Å²) in [6.07, 6.45) is 0. The number of hydrogen-bond acceptors (Lipinski definition) is 4. The van der Waals surface area contributed by atoms with E-state index in [2.05, 4.69) is 10.0 Å². The SMILES string of the molecule is CNCc1cc(S(=O)(=O)Nc2ccc(C)cc2)cs1. The highest BCUT2D eigenvalue weighted by Crippen LogP contribution is 2.22. The van der Waals surface area contributed by atoms with Crippen LogP contribution in [0.25, 0.3) is 0 Å². The zero-order valence-corrected chi connectivity index (χ0v) is 12.4. The molecule has 4 nitrogen and oxygen atoms in total. The predicted octanol–water partition coefficient (Wildman–Crippen LogP) is 2.58. The average molecular weight is 296 g/mol. The summed E-state index contributed by atoms with van der Waals surface area (Å²) in [5.74, 6) is 0. The smallest absolute Gasteiger partial charge is 0.262 e. The van der Waals surface area contributed by atoms with Gasteiger partial charge in [0.15, 0.2) is 0 Å². The van der Waals surface area contributed by atoms with E-state index in [4.69, 9.17) is 0 Å². The number of thiophene rings is 1. The number of nitrogens with one attached hydrogen (secondary N) is 2. The van der Waals surface area contributed by atoms with E-state index >= 15 is 0 Å². The maximum Gasteiger partial charge on any atom is 0.262 e. The molecule has 0 unspecified atom stereocenters. The zero-order chi connectivity index (χ0) is 13.9. The molecule has 0 bridgehead atoms. The first-order valence-corrected chi connectivity index (χ1v) is 8.19. The third kappa shape index (κ3) is 3.56. The molecule has 1 aromatic carbocycles. The second-order valence-corrected chi connectivity index (χ2v) is 6.93. The lowest BCUT2D eigenvalue weighted by Crippen LogP contribution is -2.12. The highest BCUT2D eigenvalue weighted by atomic mass is 32.2. The third-order valence-corrected chi connectivity index (χ3v) is 5.04. The Hall–Kier alpha value is -1.37. The molecule has 0 fully saturated rings. The molecule has 2 aromatic rings. The van der Waals surface area contributed by atoms with Crippen molar-refractivity contribution in [3.05, 3.63) is 46.2 Å². The molecular weight excluding hydrogens is 280 g/mol. The summed E-state index contributed by atoms with van der Waals surface area (Å²) in [5, 5.41) is 4.66. The van der Waals surface area contributed by atoms with Gasteiger partial charge in [-0.15, -0.1) is 11.3 Å². The quantitative estimate of drug-likeness (QED) is 0.891. The molecule has 19 heavy (non-hydrogen) atoms. The van der Waals surface area contributed by atoms with Gasteiger partial charge in [0.2, 0.25) is 0 Å². The first-order valence-electron chi connectivity index (χ1n) is 5.83. The van der Waals surface area contributed by atoms with Gasteiger partial charge in [-0.05, 0) is 32.2 Å². The Balaban J connectivity index is 2.19. The second kappa shape index (κ2) is 5.73. The van der Waals surface area contributed by atoms with Crippen LogP contribution in [0.3, 0.4) is 0 Å². The average Bonchev–Trinajstić information content (AvgIpc) is 2.82. The van der Waals surface area contributed by atoms with Gasteiger partial charge in [-0.3, -0.25) is 4.72 Å². The lowest BCUT2D eigenvalue weighted by molar-refractivity contribution is 0.601. The van der Waals surface area contributed by atoms with Crippen molar-refractivity contribution < 1.29 is 8.42 Å². The van der Waals surface area contributed by atoms with Crippen molar-refractivity contribution in [2.45, 2.75) is 18.4 Å². The summed E-state index contributed by atoms with van der Waals surface area (Å²) in [7, 11) is -1.66. The van der Waals surface area contributed by atoms with Crippen LogP contribution in [-0.2, 0) is 16.6 Å². The maximum absolute atomic E-state index is 12.2. The van der Waals surface area contributed by atoms with Gasteiger partial charge in [-0.1, -0.05) is 17.7 Å². The molecule has 0 saturated carbocycles. The number of sulfonamides is 1. The van der Waals surface area contributed by atoms with E-state index in [1.807, 2.05) is 26.1 Å². The fraction of sp³-hybridized carbons (Fsp3) is 0.231. The van der Waals surface area contributed by atoms with Crippen molar-refractivity contribution in [2.75, 3.05) is 11.8 Å². The van der Waals surface area contributed by atoms with Gasteiger partial charge in [0.05, 0.1) is 4.90 Å². The molecule has 0 aliphatic rings. The lowest BCUT2D eigenvalue weighted by atomic mass is 10.2. The summed E-state index contributed by atoms with van der Waals surface area (Å²) in [4.78, 5) is 1.30. The zero-order valence-electron chi connectivity index (χ0n) is 10.8. The molecule has 0 radical (unpaired) electrons. The molecule has 2 rings (SSSR count). The van der Waals surface area contributed by atoms with Gasteiger partial charge in [-0.25, -0.2) is 8.42 Å². The first-order chi connectivity index (χ1) is 9.01. The van der Waals surface area contributed by atoms with Crippen LogP contribution in [0, 0.1) is 6.92 Å². The molecule has 0 aliphatic heterocycles. The Morgan fingerprint density at radius 3 is 2.53 bits per heavy atom. The molecule has 0 aliphatic carbocycles. The Kier molecular flexibility index (Phi) is 4.24. The number of aryl methyl sites for hydroxylation is 1. The van der Waals surface area contributed by atoms with E-state index in [0.29, 0.717) is 17.1 Å². The Morgan fingerprint density at radius 2 is 1.89 bits per heavy atom. The minimum absolute atomic E-state index is 0.309. The molecule has 1 heterocycles. The molecule has 0 saturated heterocycles. The number of rotatable bonds is 5. The number of benzene rings is 1. The summed E-state index contributed by atoms with van der Waals surface area (Å²) in [5.41, 5.74) is 1.67. The van der Waals surface area contributed by atoms with Crippen molar-refractivity contribution in [3.8, 4) is 0 Å². The summed E-state index contributed by atoms with van der Waals surface area (Å²) in [6, 6.07) is 8.95. The monoisotopic (exact) mass is 296 g/mol. The normalized spacial score (nSPS) is 11.5. The molecule has 0 atom stereocenters. The summed E-state index contributed by atoms with van der Waals surface area (Å²) < 4.78 is 26.9. The Labute approximate surface area is 117 Å². The fourth-order valence-electron chi connectivity index (χ4n) is 1.60. The highest BCUT2D eigenvalue weighted by molar-refractivity contribution is 7.92. The lowest BCUT2D eigenvalue weighted by Gasteiger charge is -2.06. The summed E-state index contributed by atoms with van der Waals surface area (Å²) in [6.45, 7) is 2.63. The van der Waals surface area contributed by atoms with Crippen molar-refractivity contribution >= 4 is 27.0 Å². The second-order valence-electron chi connectivity index (χ2n) is 4.25. The predicted molar refractivity (Wildman–Crippen MR) is 79.1 cm³/mol. The van der Waals surface area contributed by atoms with Crippen molar-refractivity contribution in [1.82, 2.24) is 5.32 Å². The van der Waals surface area contributed by atoms with Crippen LogP contribution in [0.1, 0.15) is 10.4 Å². The van der Waals surface area contributed by atoms with Gasteiger partial charge >= 0.3 is 0 Å². The van der Waals surface area contributed by atoms with Gasteiger partial charge in [0.1, 0.15) is 0 Å². The van der Waals surface area contributed by atoms with Crippen LogP contribution in [0.15, 0.2) is 40.6 Å². The first kappa shape index (κ1) is 14.0. The minimum Gasteiger partial charge on any atom is -0.315 e. The third-order valence-electron chi connectivity index (χ3n) is 2.59. The Morgan fingerprint density at radius 1 is 1.21 bits per heavy atom. The standard InChI is InChI=1S/C13H16N2O2S2/c1-10-3-5-11(6-4-10)15-19(16,17)13-7-12(8-14-2)18-9-13/h3-7,9,14-15H,8H2,1-2H3. The van der Waals surface area contributed by atoms with E-state index in [0.717, 1.165) is 10.4 Å². The van der Waals surface area contributed by atoms with Crippen molar-refractivity contribution in [1.29, 1.82) is 0 Å². The van der Waals surface area contributed by atoms with Gasteiger partial charge in [0.25, 0.3) is 10.0 Å². The van der Waals surface area contributed by atoms with Crippen LogP contribution in [-0.4, -0.2) is 15.5 Å². The van der Waals surface area contributed by atoms with E-state index in [1.54, 1.807) is 23.6 Å². The topological polar surface area (TPSA) is 58.2 Å². The van der Waals surface area contributed by atoms with Gasteiger partial charge in [-0.2, -0.15) is 0 Å². The Bertz CT molecular complexity index is 646. The molecule has 0 amide bonds. The van der Waals surface area contributed by atoms with Crippen LogP contribution in [0.2, 0.25) is 0 Å². The van der Waals surface area contributed by atoms with E-state index in [1.165, 1.54) is 11.3 Å². The van der Waals surface area contributed by atoms with Crippen LogP contribution < -0.4 is 10.0 Å². The molecule has 6 heteroatoms.